The molecule has 1 aliphatic rings. The molecule has 15 heavy (non-hydrogen) atoms. The smallest absolute Gasteiger partial charge is 0.138 e. The summed E-state index contributed by atoms with van der Waals surface area (Å²) in [6, 6.07) is 2.11. The Morgan fingerprint density at radius 2 is 2.27 bits per heavy atom. The lowest BCUT2D eigenvalue weighted by atomic mass is 9.90. The first kappa shape index (κ1) is 8.72. The van der Waals surface area contributed by atoms with Crippen LogP contribution in [0.25, 0.3) is 17.1 Å². The van der Waals surface area contributed by atoms with Crippen molar-refractivity contribution in [1.29, 1.82) is 0 Å². The van der Waals surface area contributed by atoms with Gasteiger partial charge < -0.3 is 4.98 Å². The standard InChI is InChI=1S/C13H14N2/c1-9-8-15-13-12(9)11(5-6-14-13)7-10-3-2-4-10/h5-8H,2-4H2,1H3,(H,14,15). The molecule has 76 valence electrons. The van der Waals surface area contributed by atoms with Crippen LogP contribution >= 0.6 is 0 Å². The largest absolute Gasteiger partial charge is 0.346 e. The fourth-order valence-corrected chi connectivity index (χ4v) is 2.11. The molecule has 1 saturated carbocycles. The molecule has 2 heteroatoms. The van der Waals surface area contributed by atoms with Crippen molar-refractivity contribution in [3.63, 3.8) is 0 Å². The summed E-state index contributed by atoms with van der Waals surface area (Å²) in [7, 11) is 0. The van der Waals surface area contributed by atoms with E-state index in [0.29, 0.717) is 0 Å². The van der Waals surface area contributed by atoms with Gasteiger partial charge in [0.15, 0.2) is 0 Å². The van der Waals surface area contributed by atoms with Crippen LogP contribution in [0.15, 0.2) is 24.0 Å². The van der Waals surface area contributed by atoms with Crippen LogP contribution in [0, 0.1) is 6.92 Å². The Morgan fingerprint density at radius 1 is 1.40 bits per heavy atom. The minimum atomic E-state index is 1.00. The second kappa shape index (κ2) is 3.23. The molecule has 0 aliphatic heterocycles. The molecule has 0 aromatic carbocycles. The third kappa shape index (κ3) is 1.37. The molecular weight excluding hydrogens is 184 g/mol. The molecule has 2 aromatic heterocycles. The van der Waals surface area contributed by atoms with Crippen molar-refractivity contribution >= 4 is 17.1 Å². The number of allylic oxidation sites excluding steroid dienone is 1. The van der Waals surface area contributed by atoms with E-state index in [1.807, 2.05) is 12.4 Å². The van der Waals surface area contributed by atoms with Crippen LogP contribution < -0.4 is 0 Å². The predicted molar refractivity (Wildman–Crippen MR) is 62.7 cm³/mol. The highest BCUT2D eigenvalue weighted by molar-refractivity contribution is 5.89. The molecule has 2 heterocycles. The number of fused-ring (bicyclic) bond motifs is 1. The number of H-pyrrole nitrogens is 1. The summed E-state index contributed by atoms with van der Waals surface area (Å²) in [5, 5.41) is 1.27. The predicted octanol–water partition coefficient (Wildman–Crippen LogP) is 3.44. The van der Waals surface area contributed by atoms with E-state index in [1.54, 1.807) is 5.57 Å². The van der Waals surface area contributed by atoms with Gasteiger partial charge in [-0.1, -0.05) is 11.6 Å². The normalized spacial score (nSPS) is 15.4. The summed E-state index contributed by atoms with van der Waals surface area (Å²) in [4.78, 5) is 7.53. The zero-order valence-electron chi connectivity index (χ0n) is 8.88. The van der Waals surface area contributed by atoms with Gasteiger partial charge in [0.25, 0.3) is 0 Å². The van der Waals surface area contributed by atoms with Gasteiger partial charge in [-0.2, -0.15) is 0 Å². The van der Waals surface area contributed by atoms with E-state index < -0.39 is 0 Å². The van der Waals surface area contributed by atoms with E-state index in [2.05, 4.69) is 29.0 Å². The first-order valence-electron chi connectivity index (χ1n) is 5.47. The molecule has 1 aliphatic carbocycles. The number of aromatic nitrogens is 2. The Kier molecular flexibility index (Phi) is 1.88. The third-order valence-electron chi connectivity index (χ3n) is 3.16. The summed E-state index contributed by atoms with van der Waals surface area (Å²) in [5.74, 6) is 0. The number of hydrogen-bond donors (Lipinski definition) is 1. The van der Waals surface area contributed by atoms with Gasteiger partial charge in [0, 0.05) is 17.8 Å². The Bertz CT molecular complexity index is 528. The van der Waals surface area contributed by atoms with Gasteiger partial charge in [-0.3, -0.25) is 0 Å². The molecule has 1 N–H and O–H groups in total. The minimum Gasteiger partial charge on any atom is -0.346 e. The Labute approximate surface area is 89.0 Å². The molecular formula is C13H14N2. The van der Waals surface area contributed by atoms with Crippen molar-refractivity contribution in [3.05, 3.63) is 35.2 Å². The Balaban J connectivity index is 2.20. The van der Waals surface area contributed by atoms with E-state index in [-0.39, 0.29) is 0 Å². The maximum Gasteiger partial charge on any atom is 0.138 e. The van der Waals surface area contributed by atoms with Crippen LogP contribution in [-0.2, 0) is 0 Å². The maximum atomic E-state index is 4.33. The summed E-state index contributed by atoms with van der Waals surface area (Å²) < 4.78 is 0. The van der Waals surface area contributed by atoms with Crippen LogP contribution in [0.3, 0.4) is 0 Å². The average molecular weight is 198 g/mol. The molecule has 0 radical (unpaired) electrons. The zero-order valence-corrected chi connectivity index (χ0v) is 8.88. The number of nitrogens with one attached hydrogen (secondary N) is 1. The number of nitrogens with zero attached hydrogens (tertiary/aromatic N) is 1. The first-order chi connectivity index (χ1) is 7.34. The minimum absolute atomic E-state index is 1.00. The van der Waals surface area contributed by atoms with Gasteiger partial charge in [-0.15, -0.1) is 0 Å². The van der Waals surface area contributed by atoms with Gasteiger partial charge >= 0.3 is 0 Å². The van der Waals surface area contributed by atoms with E-state index in [4.69, 9.17) is 0 Å². The SMILES string of the molecule is Cc1c[nH]c2nccc(C=C3CCC3)c12. The molecule has 1 fully saturated rings. The van der Waals surface area contributed by atoms with Crippen LogP contribution in [0.4, 0.5) is 0 Å². The lowest BCUT2D eigenvalue weighted by molar-refractivity contribution is 0.670. The van der Waals surface area contributed by atoms with E-state index in [9.17, 15) is 0 Å². The van der Waals surface area contributed by atoms with Crippen LogP contribution in [0.1, 0.15) is 30.4 Å². The van der Waals surface area contributed by atoms with Gasteiger partial charge in [0.1, 0.15) is 5.65 Å². The van der Waals surface area contributed by atoms with Gasteiger partial charge in [-0.25, -0.2) is 4.98 Å². The van der Waals surface area contributed by atoms with Crippen molar-refractivity contribution in [2.75, 3.05) is 0 Å². The number of aromatic amines is 1. The fraction of sp³-hybridized carbons (Fsp3) is 0.308. The summed E-state index contributed by atoms with van der Waals surface area (Å²) in [5.41, 5.74) is 5.17. The van der Waals surface area contributed by atoms with Gasteiger partial charge in [-0.05, 0) is 43.4 Å². The molecule has 0 spiro atoms. The highest BCUT2D eigenvalue weighted by Crippen LogP contribution is 2.30. The van der Waals surface area contributed by atoms with Crippen molar-refractivity contribution in [3.8, 4) is 0 Å². The number of aryl methyl sites for hydroxylation is 1. The second-order valence-corrected chi connectivity index (χ2v) is 4.25. The molecule has 2 nitrogen and oxygen atoms in total. The van der Waals surface area contributed by atoms with E-state index in [0.717, 1.165) is 5.65 Å². The molecule has 0 atom stereocenters. The number of rotatable bonds is 1. The van der Waals surface area contributed by atoms with E-state index in [1.165, 1.54) is 35.8 Å². The Morgan fingerprint density at radius 3 is 3.00 bits per heavy atom. The average Bonchev–Trinajstić information content (AvgIpc) is 2.55. The Hall–Kier alpha value is -1.57. The lowest BCUT2D eigenvalue weighted by Crippen LogP contribution is -1.96. The highest BCUT2D eigenvalue weighted by Gasteiger charge is 2.10. The molecule has 0 unspecified atom stereocenters. The maximum absolute atomic E-state index is 4.33. The summed E-state index contributed by atoms with van der Waals surface area (Å²) in [6.45, 7) is 2.13. The van der Waals surface area contributed by atoms with Crippen molar-refractivity contribution < 1.29 is 0 Å². The van der Waals surface area contributed by atoms with Crippen molar-refractivity contribution in [2.45, 2.75) is 26.2 Å². The summed E-state index contributed by atoms with van der Waals surface area (Å²) >= 11 is 0. The van der Waals surface area contributed by atoms with Crippen LogP contribution in [0.5, 0.6) is 0 Å². The summed E-state index contributed by atoms with van der Waals surface area (Å²) in [6.07, 6.45) is 10.1. The highest BCUT2D eigenvalue weighted by atomic mass is 14.8. The molecule has 0 amide bonds. The van der Waals surface area contributed by atoms with Gasteiger partial charge in [0.05, 0.1) is 0 Å². The van der Waals surface area contributed by atoms with Crippen molar-refractivity contribution in [2.24, 2.45) is 0 Å². The molecule has 0 bridgehead atoms. The van der Waals surface area contributed by atoms with E-state index >= 15 is 0 Å². The monoisotopic (exact) mass is 198 g/mol. The molecule has 0 saturated heterocycles. The van der Waals surface area contributed by atoms with Crippen LogP contribution in [-0.4, -0.2) is 9.97 Å². The second-order valence-electron chi connectivity index (χ2n) is 4.25. The molecule has 2 aromatic rings. The number of pyridine rings is 1. The quantitative estimate of drug-likeness (QED) is 0.747. The first-order valence-corrected chi connectivity index (χ1v) is 5.47. The lowest BCUT2D eigenvalue weighted by Gasteiger charge is -2.16. The number of hydrogen-bond acceptors (Lipinski definition) is 1. The zero-order chi connectivity index (χ0) is 10.3. The topological polar surface area (TPSA) is 28.7 Å². The van der Waals surface area contributed by atoms with Crippen LogP contribution in [0.2, 0.25) is 0 Å². The fourth-order valence-electron chi connectivity index (χ4n) is 2.11. The van der Waals surface area contributed by atoms with Gasteiger partial charge in [0.2, 0.25) is 0 Å². The molecule has 3 rings (SSSR count). The van der Waals surface area contributed by atoms with Crippen molar-refractivity contribution in [1.82, 2.24) is 9.97 Å². The third-order valence-corrected chi connectivity index (χ3v) is 3.16.